The van der Waals surface area contributed by atoms with Crippen LogP contribution in [0.15, 0.2) is 60.0 Å². The van der Waals surface area contributed by atoms with E-state index in [9.17, 15) is 19.5 Å². The molecule has 0 fully saturated rings. The van der Waals surface area contributed by atoms with Gasteiger partial charge in [-0.05, 0) is 36.2 Å². The van der Waals surface area contributed by atoms with Crippen LogP contribution in [-0.4, -0.2) is 40.5 Å². The van der Waals surface area contributed by atoms with Gasteiger partial charge in [-0.3, -0.25) is 14.5 Å². The summed E-state index contributed by atoms with van der Waals surface area (Å²) in [5.74, 6) is -1.47. The zero-order chi connectivity index (χ0) is 23.8. The molecule has 3 aromatic rings. The van der Waals surface area contributed by atoms with Crippen molar-refractivity contribution < 1.29 is 24.2 Å². The number of amides is 2. The van der Waals surface area contributed by atoms with Gasteiger partial charge < -0.3 is 15.2 Å². The maximum atomic E-state index is 12.4. The zero-order valence-corrected chi connectivity index (χ0v) is 19.2. The first-order chi connectivity index (χ1) is 15.9. The fraction of sp³-hybridized carbons (Fsp3) is 0.250. The molecular weight excluding hydrogens is 442 g/mol. The van der Waals surface area contributed by atoms with Crippen LogP contribution < -0.4 is 10.2 Å². The maximum Gasteiger partial charge on any atom is 0.331 e. The fourth-order valence-electron chi connectivity index (χ4n) is 3.03. The van der Waals surface area contributed by atoms with Crippen molar-refractivity contribution in [2.75, 3.05) is 11.5 Å². The Morgan fingerprint density at radius 2 is 1.82 bits per heavy atom. The van der Waals surface area contributed by atoms with Crippen molar-refractivity contribution in [3.8, 4) is 0 Å². The number of rotatable bonds is 9. The van der Waals surface area contributed by atoms with Gasteiger partial charge in [-0.2, -0.15) is 0 Å². The number of nitrogens with one attached hydrogen (secondary N) is 1. The van der Waals surface area contributed by atoms with Crippen LogP contribution in [0.25, 0.3) is 0 Å². The topological polar surface area (TPSA) is 109 Å². The van der Waals surface area contributed by atoms with Crippen LogP contribution in [0.4, 0.5) is 10.8 Å². The second-order valence-electron chi connectivity index (χ2n) is 7.18. The van der Waals surface area contributed by atoms with Gasteiger partial charge in [-0.25, -0.2) is 9.78 Å². The molecule has 0 aliphatic carbocycles. The Bertz CT molecular complexity index is 1100. The molecule has 1 atom stereocenters. The molecular formula is C24H25N3O5S. The van der Waals surface area contributed by atoms with E-state index in [1.807, 2.05) is 24.3 Å². The van der Waals surface area contributed by atoms with Crippen LogP contribution in [0.2, 0.25) is 0 Å². The summed E-state index contributed by atoms with van der Waals surface area (Å²) in [6.45, 7) is 2.75. The molecule has 1 heterocycles. The molecule has 0 spiro atoms. The molecule has 0 saturated heterocycles. The number of aliphatic hydroxyl groups excluding tert-OH is 1. The Labute approximate surface area is 195 Å². The lowest BCUT2D eigenvalue weighted by Gasteiger charge is -2.18. The maximum absolute atomic E-state index is 12.4. The SMILES string of the molecule is CCc1ccc(N(C(C)=O)c2nc(COC(=O)C(CO)NC(=O)c3ccccc3)cs2)cc1. The summed E-state index contributed by atoms with van der Waals surface area (Å²) in [4.78, 5) is 42.8. The Kier molecular flexibility index (Phi) is 8.28. The molecule has 2 N–H and O–H groups in total. The number of benzene rings is 2. The van der Waals surface area contributed by atoms with Crippen molar-refractivity contribution in [1.29, 1.82) is 0 Å². The number of carbonyl (C=O) groups excluding carboxylic acids is 3. The minimum atomic E-state index is -1.21. The summed E-state index contributed by atoms with van der Waals surface area (Å²) in [5, 5.41) is 14.1. The highest BCUT2D eigenvalue weighted by atomic mass is 32.1. The van der Waals surface area contributed by atoms with E-state index in [0.29, 0.717) is 22.1 Å². The standard InChI is InChI=1S/C24H25N3O5S/c1-3-17-9-11-20(12-10-17)27(16(2)29)24-25-19(15-33-24)14-32-23(31)21(13-28)26-22(30)18-7-5-4-6-8-18/h4-12,15,21,28H,3,13-14H2,1-2H3,(H,26,30). The minimum absolute atomic E-state index is 0.159. The first-order valence-corrected chi connectivity index (χ1v) is 11.3. The minimum Gasteiger partial charge on any atom is -0.458 e. The first kappa shape index (κ1) is 24.1. The Morgan fingerprint density at radius 3 is 2.42 bits per heavy atom. The van der Waals surface area contributed by atoms with E-state index >= 15 is 0 Å². The van der Waals surface area contributed by atoms with E-state index in [1.165, 1.54) is 23.2 Å². The third-order valence-electron chi connectivity index (χ3n) is 4.82. The number of aromatic nitrogens is 1. The van der Waals surface area contributed by atoms with E-state index < -0.39 is 24.5 Å². The number of hydrogen-bond donors (Lipinski definition) is 2. The van der Waals surface area contributed by atoms with Gasteiger partial charge in [0.2, 0.25) is 5.91 Å². The molecule has 1 unspecified atom stereocenters. The Balaban J connectivity index is 1.63. The molecule has 2 amide bonds. The van der Waals surface area contributed by atoms with Crippen LogP contribution in [0.5, 0.6) is 0 Å². The highest BCUT2D eigenvalue weighted by Crippen LogP contribution is 2.29. The average Bonchev–Trinajstić information content (AvgIpc) is 3.30. The predicted molar refractivity (Wildman–Crippen MR) is 125 cm³/mol. The number of thiazole rings is 1. The summed E-state index contributed by atoms with van der Waals surface area (Å²) in [7, 11) is 0. The quantitative estimate of drug-likeness (QED) is 0.468. The van der Waals surface area contributed by atoms with E-state index in [0.717, 1.165) is 12.0 Å². The van der Waals surface area contributed by atoms with Gasteiger partial charge in [0, 0.05) is 17.9 Å². The summed E-state index contributed by atoms with van der Waals surface area (Å²) in [6.07, 6.45) is 0.897. The number of anilines is 2. The van der Waals surface area contributed by atoms with Gasteiger partial charge in [0.05, 0.1) is 18.0 Å². The highest BCUT2D eigenvalue weighted by molar-refractivity contribution is 7.14. The lowest BCUT2D eigenvalue weighted by Crippen LogP contribution is -2.44. The van der Waals surface area contributed by atoms with E-state index in [-0.39, 0.29) is 12.5 Å². The third-order valence-corrected chi connectivity index (χ3v) is 5.69. The highest BCUT2D eigenvalue weighted by Gasteiger charge is 2.23. The van der Waals surface area contributed by atoms with Gasteiger partial charge in [0.25, 0.3) is 5.91 Å². The zero-order valence-electron chi connectivity index (χ0n) is 18.4. The summed E-state index contributed by atoms with van der Waals surface area (Å²) >= 11 is 1.25. The number of carbonyl (C=O) groups is 3. The lowest BCUT2D eigenvalue weighted by atomic mass is 10.1. The second kappa shape index (κ2) is 11.3. The van der Waals surface area contributed by atoms with Crippen LogP contribution in [-0.2, 0) is 27.4 Å². The van der Waals surface area contributed by atoms with Gasteiger partial charge >= 0.3 is 5.97 Å². The van der Waals surface area contributed by atoms with Gasteiger partial charge in [0.1, 0.15) is 6.61 Å². The predicted octanol–water partition coefficient (Wildman–Crippen LogP) is 3.22. The lowest BCUT2D eigenvalue weighted by molar-refractivity contribution is -0.148. The number of nitrogens with zero attached hydrogens (tertiary/aromatic N) is 2. The van der Waals surface area contributed by atoms with E-state index in [1.54, 1.807) is 35.7 Å². The number of aliphatic hydroxyl groups is 1. The van der Waals surface area contributed by atoms with Crippen LogP contribution in [0.3, 0.4) is 0 Å². The molecule has 33 heavy (non-hydrogen) atoms. The van der Waals surface area contributed by atoms with Crippen LogP contribution in [0, 0.1) is 0 Å². The first-order valence-electron chi connectivity index (χ1n) is 10.4. The molecule has 8 nitrogen and oxygen atoms in total. The molecule has 3 rings (SSSR count). The third kappa shape index (κ3) is 6.24. The molecule has 0 aliphatic heterocycles. The van der Waals surface area contributed by atoms with Crippen LogP contribution in [0.1, 0.15) is 35.5 Å². The normalized spacial score (nSPS) is 11.5. The van der Waals surface area contributed by atoms with Crippen molar-refractivity contribution in [1.82, 2.24) is 10.3 Å². The van der Waals surface area contributed by atoms with Gasteiger partial charge in [-0.15, -0.1) is 11.3 Å². The molecule has 0 aliphatic rings. The van der Waals surface area contributed by atoms with E-state index in [4.69, 9.17) is 4.74 Å². The summed E-state index contributed by atoms with van der Waals surface area (Å²) in [6, 6.07) is 14.8. The van der Waals surface area contributed by atoms with Gasteiger partial charge in [0.15, 0.2) is 11.2 Å². The van der Waals surface area contributed by atoms with Crippen molar-refractivity contribution in [3.05, 3.63) is 76.8 Å². The molecule has 0 radical (unpaired) electrons. The molecule has 1 aromatic heterocycles. The van der Waals surface area contributed by atoms with Crippen molar-refractivity contribution in [2.24, 2.45) is 0 Å². The molecule has 2 aromatic carbocycles. The van der Waals surface area contributed by atoms with E-state index in [2.05, 4.69) is 17.2 Å². The molecule has 0 saturated carbocycles. The second-order valence-corrected chi connectivity index (χ2v) is 8.01. The fourth-order valence-corrected chi connectivity index (χ4v) is 3.90. The van der Waals surface area contributed by atoms with Crippen LogP contribution >= 0.6 is 11.3 Å². The Morgan fingerprint density at radius 1 is 1.12 bits per heavy atom. The number of hydrogen-bond acceptors (Lipinski definition) is 7. The molecule has 172 valence electrons. The monoisotopic (exact) mass is 467 g/mol. The van der Waals surface area contributed by atoms with Crippen molar-refractivity contribution in [3.63, 3.8) is 0 Å². The summed E-state index contributed by atoms with van der Waals surface area (Å²) in [5.41, 5.74) is 2.67. The van der Waals surface area contributed by atoms with Gasteiger partial charge in [-0.1, -0.05) is 37.3 Å². The average molecular weight is 468 g/mol. The largest absolute Gasteiger partial charge is 0.458 e. The smallest absolute Gasteiger partial charge is 0.331 e. The van der Waals surface area contributed by atoms with Crippen molar-refractivity contribution >= 4 is 39.9 Å². The number of ether oxygens (including phenoxy) is 1. The Hall–Kier alpha value is -3.56. The molecule has 9 heteroatoms. The number of aryl methyl sites for hydroxylation is 1. The number of esters is 1. The van der Waals surface area contributed by atoms with Crippen molar-refractivity contribution in [2.45, 2.75) is 32.9 Å². The molecule has 0 bridgehead atoms. The summed E-state index contributed by atoms with van der Waals surface area (Å²) < 4.78 is 5.23.